The van der Waals surface area contributed by atoms with E-state index >= 15 is 0 Å². The van der Waals surface area contributed by atoms with E-state index < -0.39 is 0 Å². The van der Waals surface area contributed by atoms with E-state index in [4.69, 9.17) is 4.42 Å². The number of hydrogen-bond donors (Lipinski definition) is 0. The van der Waals surface area contributed by atoms with Crippen LogP contribution >= 0.6 is 15.9 Å². The van der Waals surface area contributed by atoms with Gasteiger partial charge in [-0.25, -0.2) is 0 Å². The molecule has 3 aromatic rings. The van der Waals surface area contributed by atoms with E-state index in [1.807, 2.05) is 18.2 Å². The van der Waals surface area contributed by atoms with Gasteiger partial charge < -0.3 is 4.42 Å². The number of hydrogen-bond acceptors (Lipinski definition) is 3. The van der Waals surface area contributed by atoms with Gasteiger partial charge in [0, 0.05) is 10.5 Å². The van der Waals surface area contributed by atoms with Gasteiger partial charge in [-0.05, 0) is 53.7 Å². The summed E-state index contributed by atoms with van der Waals surface area (Å²) in [4.78, 5) is 0. The van der Waals surface area contributed by atoms with Crippen LogP contribution in [0.4, 0.5) is 0 Å². The van der Waals surface area contributed by atoms with Crippen molar-refractivity contribution in [2.45, 2.75) is 44.4 Å². The minimum absolute atomic E-state index is 0.556. The highest BCUT2D eigenvalue weighted by atomic mass is 79.9. The summed E-state index contributed by atoms with van der Waals surface area (Å²) in [6, 6.07) is 16.9. The summed E-state index contributed by atoms with van der Waals surface area (Å²) in [5.41, 5.74) is 3.86. The van der Waals surface area contributed by atoms with Crippen molar-refractivity contribution >= 4 is 28.1 Å². The first-order chi connectivity index (χ1) is 13.3. The third-order valence-corrected chi connectivity index (χ3v) is 5.73. The molecule has 0 saturated heterocycles. The number of halogens is 1. The molecule has 4 heteroatoms. The largest absolute Gasteiger partial charge is 0.421 e. The Balaban J connectivity index is 1.47. The maximum atomic E-state index is 5.80. The first-order valence-electron chi connectivity index (χ1n) is 9.62. The molecule has 138 valence electrons. The molecule has 0 radical (unpaired) electrons. The number of aromatic nitrogens is 2. The second-order valence-corrected chi connectivity index (χ2v) is 8.05. The quantitative estimate of drug-likeness (QED) is 0.462. The summed E-state index contributed by atoms with van der Waals surface area (Å²) in [5.74, 6) is 1.87. The van der Waals surface area contributed by atoms with Gasteiger partial charge in [0.15, 0.2) is 0 Å². The Morgan fingerprint density at radius 1 is 0.926 bits per heavy atom. The van der Waals surface area contributed by atoms with Gasteiger partial charge in [-0.15, -0.1) is 10.2 Å². The fourth-order valence-corrected chi connectivity index (χ4v) is 4.06. The van der Waals surface area contributed by atoms with E-state index in [1.165, 1.54) is 43.2 Å². The molecule has 0 amide bonds. The molecule has 1 fully saturated rings. The first-order valence-corrected chi connectivity index (χ1v) is 10.4. The molecule has 1 aliphatic carbocycles. The highest BCUT2D eigenvalue weighted by Gasteiger charge is 2.17. The minimum atomic E-state index is 0.556. The van der Waals surface area contributed by atoms with Gasteiger partial charge in [-0.2, -0.15) is 0 Å². The Hall–Kier alpha value is -2.20. The van der Waals surface area contributed by atoms with Crippen LogP contribution in [0.2, 0.25) is 0 Å². The minimum Gasteiger partial charge on any atom is -0.421 e. The van der Waals surface area contributed by atoms with Crippen LogP contribution in [0, 0.1) is 0 Å². The van der Waals surface area contributed by atoms with E-state index in [0.29, 0.717) is 24.1 Å². The maximum absolute atomic E-state index is 5.80. The van der Waals surface area contributed by atoms with E-state index in [0.717, 1.165) is 10.0 Å². The molecule has 2 aromatic carbocycles. The van der Waals surface area contributed by atoms with Crippen molar-refractivity contribution in [1.29, 1.82) is 0 Å². The fraction of sp³-hybridized carbons (Fsp3) is 0.304. The lowest BCUT2D eigenvalue weighted by atomic mass is 9.82. The maximum Gasteiger partial charge on any atom is 0.240 e. The first kappa shape index (κ1) is 18.2. The van der Waals surface area contributed by atoms with Crippen molar-refractivity contribution in [3.63, 3.8) is 0 Å². The molecule has 0 aliphatic heterocycles. The van der Waals surface area contributed by atoms with Gasteiger partial charge in [-0.1, -0.05) is 71.6 Å². The lowest BCUT2D eigenvalue weighted by Gasteiger charge is -2.23. The Labute approximate surface area is 168 Å². The van der Waals surface area contributed by atoms with Crippen molar-refractivity contribution in [2.24, 2.45) is 0 Å². The number of benzene rings is 2. The zero-order valence-electron chi connectivity index (χ0n) is 15.3. The predicted molar refractivity (Wildman–Crippen MR) is 112 cm³/mol. The highest BCUT2D eigenvalue weighted by molar-refractivity contribution is 9.10. The van der Waals surface area contributed by atoms with Crippen LogP contribution in [-0.2, 0) is 6.42 Å². The molecule has 1 aromatic heterocycles. The van der Waals surface area contributed by atoms with Crippen molar-refractivity contribution < 1.29 is 4.42 Å². The lowest BCUT2D eigenvalue weighted by Crippen LogP contribution is -2.05. The summed E-state index contributed by atoms with van der Waals surface area (Å²) in [5, 5.41) is 8.35. The van der Waals surface area contributed by atoms with Crippen LogP contribution in [0.25, 0.3) is 12.2 Å². The molecule has 1 aliphatic rings. The van der Waals surface area contributed by atoms with Crippen molar-refractivity contribution in [3.05, 3.63) is 81.5 Å². The van der Waals surface area contributed by atoms with Crippen molar-refractivity contribution in [1.82, 2.24) is 10.2 Å². The molecule has 4 rings (SSSR count). The standard InChI is InChI=1S/C23H23BrN2O/c24-20-13-10-17(11-14-20)16-23-26-25-22(27-23)15-12-19-8-4-5-9-21(19)18-6-2-1-3-7-18/h4-5,8-15,18H,1-3,6-7,16H2/b15-12+. The van der Waals surface area contributed by atoms with Gasteiger partial charge >= 0.3 is 0 Å². The van der Waals surface area contributed by atoms with Gasteiger partial charge in [0.25, 0.3) is 0 Å². The fourth-order valence-electron chi connectivity index (χ4n) is 3.79. The van der Waals surface area contributed by atoms with Crippen LogP contribution < -0.4 is 0 Å². The third-order valence-electron chi connectivity index (χ3n) is 5.20. The Bertz CT molecular complexity index is 908. The van der Waals surface area contributed by atoms with Crippen molar-refractivity contribution in [3.8, 4) is 0 Å². The molecule has 3 nitrogen and oxygen atoms in total. The summed E-state index contributed by atoms with van der Waals surface area (Å²) < 4.78 is 6.87. The molecular formula is C23H23BrN2O. The van der Waals surface area contributed by atoms with Crippen molar-refractivity contribution in [2.75, 3.05) is 0 Å². The topological polar surface area (TPSA) is 38.9 Å². The third kappa shape index (κ3) is 4.75. The summed E-state index contributed by atoms with van der Waals surface area (Å²) in [6.45, 7) is 0. The average molecular weight is 423 g/mol. The van der Waals surface area contributed by atoms with E-state index in [2.05, 4.69) is 68.6 Å². The SMILES string of the molecule is Brc1ccc(Cc2nnc(/C=C/c3ccccc3C3CCCCC3)o2)cc1. The Morgan fingerprint density at radius 3 is 2.52 bits per heavy atom. The smallest absolute Gasteiger partial charge is 0.240 e. The van der Waals surface area contributed by atoms with E-state index in [1.54, 1.807) is 0 Å². The second kappa shape index (κ2) is 8.66. The second-order valence-electron chi connectivity index (χ2n) is 7.13. The van der Waals surface area contributed by atoms with Crippen LogP contribution in [0.1, 0.15) is 66.5 Å². The van der Waals surface area contributed by atoms with Crippen LogP contribution in [0.15, 0.2) is 57.4 Å². The average Bonchev–Trinajstić information content (AvgIpc) is 3.16. The van der Waals surface area contributed by atoms with Crippen LogP contribution in [0.3, 0.4) is 0 Å². The molecule has 1 saturated carbocycles. The summed E-state index contributed by atoms with van der Waals surface area (Å²) in [7, 11) is 0. The Kier molecular flexibility index (Phi) is 5.83. The monoisotopic (exact) mass is 422 g/mol. The Morgan fingerprint density at radius 2 is 1.70 bits per heavy atom. The highest BCUT2D eigenvalue weighted by Crippen LogP contribution is 2.34. The van der Waals surface area contributed by atoms with Gasteiger partial charge in [-0.3, -0.25) is 0 Å². The lowest BCUT2D eigenvalue weighted by molar-refractivity contribution is 0.443. The molecule has 0 bridgehead atoms. The number of nitrogens with zero attached hydrogens (tertiary/aromatic N) is 2. The summed E-state index contributed by atoms with van der Waals surface area (Å²) >= 11 is 3.45. The van der Waals surface area contributed by atoms with E-state index in [-0.39, 0.29) is 0 Å². The normalized spacial score (nSPS) is 15.4. The molecule has 0 N–H and O–H groups in total. The van der Waals surface area contributed by atoms with E-state index in [9.17, 15) is 0 Å². The molecule has 27 heavy (non-hydrogen) atoms. The van der Waals surface area contributed by atoms with Crippen LogP contribution in [-0.4, -0.2) is 10.2 Å². The molecular weight excluding hydrogens is 400 g/mol. The van der Waals surface area contributed by atoms with Crippen LogP contribution in [0.5, 0.6) is 0 Å². The van der Waals surface area contributed by atoms with Gasteiger partial charge in [0.2, 0.25) is 11.8 Å². The van der Waals surface area contributed by atoms with Gasteiger partial charge in [0.05, 0.1) is 6.42 Å². The zero-order chi connectivity index (χ0) is 18.5. The molecule has 0 spiro atoms. The predicted octanol–water partition coefficient (Wildman–Crippen LogP) is 6.64. The molecule has 0 atom stereocenters. The molecule has 1 heterocycles. The van der Waals surface area contributed by atoms with Gasteiger partial charge in [0.1, 0.15) is 0 Å². The molecule has 0 unspecified atom stereocenters. The number of rotatable bonds is 5. The zero-order valence-corrected chi connectivity index (χ0v) is 16.9. The summed E-state index contributed by atoms with van der Waals surface area (Å²) in [6.07, 6.45) is 11.3.